The minimum absolute atomic E-state index is 0.321. The maximum atomic E-state index is 10.4. The Balaban J connectivity index is 2.24. The molecule has 2 heterocycles. The number of azide groups is 1. The second-order valence-corrected chi connectivity index (χ2v) is 14.4. The molecule has 0 spiro atoms. The van der Waals surface area contributed by atoms with E-state index >= 15 is 0 Å². The normalized spacial score (nSPS) is 33.4. The Labute approximate surface area is 163 Å². The van der Waals surface area contributed by atoms with Gasteiger partial charge in [-0.25, -0.2) is 0 Å². The fraction of sp³-hybridized carbons (Fsp3) is 1.00. The zero-order valence-electron chi connectivity index (χ0n) is 17.7. The summed E-state index contributed by atoms with van der Waals surface area (Å²) in [7, 11) is -2.09. The van der Waals surface area contributed by atoms with Crippen molar-refractivity contribution in [2.24, 2.45) is 5.11 Å². The molecule has 8 nitrogen and oxygen atoms in total. The molecule has 0 saturated carbocycles. The summed E-state index contributed by atoms with van der Waals surface area (Å²) in [4.78, 5) is 2.82. The third-order valence-corrected chi connectivity index (χ3v) is 11.9. The monoisotopic (exact) mass is 401 g/mol. The molecule has 0 aromatic heterocycles. The van der Waals surface area contributed by atoms with Gasteiger partial charge in [0, 0.05) is 4.91 Å². The number of aliphatic hydroxyl groups is 1. The van der Waals surface area contributed by atoms with E-state index in [0.717, 1.165) is 0 Å². The molecular weight excluding hydrogens is 366 g/mol. The van der Waals surface area contributed by atoms with Gasteiger partial charge >= 0.3 is 0 Å². The standard InChI is InChI=1S/C18H35N3O5Si/c1-10(2)27(11(3)4,12(5)6)23-9-13-15-16(26-18(7,8)25-15)14(20-21-19)17(22)24-13/h10-17,22H,9H2,1-8H3/t13-,14-,15+,16-,17?/m1/s1. The number of nitrogens with zero attached hydrogens (tertiary/aromatic N) is 3. The van der Waals surface area contributed by atoms with Crippen LogP contribution >= 0.6 is 0 Å². The molecule has 0 amide bonds. The first kappa shape index (κ1) is 22.6. The van der Waals surface area contributed by atoms with E-state index in [4.69, 9.17) is 24.2 Å². The lowest BCUT2D eigenvalue weighted by Crippen LogP contribution is -2.58. The van der Waals surface area contributed by atoms with Gasteiger partial charge < -0.3 is 23.7 Å². The van der Waals surface area contributed by atoms with Crippen LogP contribution in [-0.4, -0.2) is 56.5 Å². The smallest absolute Gasteiger partial charge is 0.200 e. The SMILES string of the molecule is CC(C)[Si](OC[C@H]1OC(O)[C@H](N=[N+]=[N-])[C@H]2OC(C)(C)O[C@H]21)(C(C)C)C(C)C. The molecule has 1 unspecified atom stereocenters. The second-order valence-electron chi connectivity index (χ2n) is 8.95. The lowest BCUT2D eigenvalue weighted by molar-refractivity contribution is -0.225. The topological polar surface area (TPSA) is 106 Å². The molecule has 2 saturated heterocycles. The number of rotatable bonds is 7. The number of ether oxygens (including phenoxy) is 3. The van der Waals surface area contributed by atoms with Crippen molar-refractivity contribution in [1.82, 2.24) is 0 Å². The molecule has 0 aromatic rings. The molecule has 0 bridgehead atoms. The Bertz CT molecular complexity index is 543. The fourth-order valence-electron chi connectivity index (χ4n) is 4.91. The van der Waals surface area contributed by atoms with Crippen LogP contribution in [-0.2, 0) is 18.6 Å². The van der Waals surface area contributed by atoms with Crippen LogP contribution in [0.15, 0.2) is 5.11 Å². The zero-order valence-corrected chi connectivity index (χ0v) is 18.7. The van der Waals surface area contributed by atoms with Crippen LogP contribution in [0.1, 0.15) is 55.4 Å². The lowest BCUT2D eigenvalue weighted by Gasteiger charge is -2.45. The number of fused-ring (bicyclic) bond motifs is 1. The second kappa shape index (κ2) is 8.37. The molecule has 2 rings (SSSR count). The predicted octanol–water partition coefficient (Wildman–Crippen LogP) is 4.09. The van der Waals surface area contributed by atoms with Gasteiger partial charge in [0.15, 0.2) is 20.4 Å². The molecule has 2 aliphatic rings. The van der Waals surface area contributed by atoms with Crippen LogP contribution in [0.4, 0.5) is 0 Å². The van der Waals surface area contributed by atoms with Crippen molar-refractivity contribution in [1.29, 1.82) is 0 Å². The van der Waals surface area contributed by atoms with Gasteiger partial charge in [-0.3, -0.25) is 0 Å². The van der Waals surface area contributed by atoms with Crippen molar-refractivity contribution in [3.05, 3.63) is 10.4 Å². The molecule has 156 valence electrons. The summed E-state index contributed by atoms with van der Waals surface area (Å²) >= 11 is 0. The van der Waals surface area contributed by atoms with Crippen molar-refractivity contribution in [3.63, 3.8) is 0 Å². The van der Waals surface area contributed by atoms with Crippen molar-refractivity contribution < 1.29 is 23.7 Å². The molecular formula is C18H35N3O5Si. The highest BCUT2D eigenvalue weighted by Gasteiger charge is 2.55. The van der Waals surface area contributed by atoms with E-state index in [0.29, 0.717) is 23.2 Å². The minimum Gasteiger partial charge on any atom is -0.413 e. The largest absolute Gasteiger partial charge is 0.413 e. The van der Waals surface area contributed by atoms with E-state index in [9.17, 15) is 5.11 Å². The van der Waals surface area contributed by atoms with Gasteiger partial charge in [0.1, 0.15) is 24.4 Å². The van der Waals surface area contributed by atoms with E-state index in [2.05, 4.69) is 51.6 Å². The highest BCUT2D eigenvalue weighted by molar-refractivity contribution is 6.77. The Morgan fingerprint density at radius 2 is 1.59 bits per heavy atom. The third-order valence-electron chi connectivity index (χ3n) is 5.86. The van der Waals surface area contributed by atoms with Crippen molar-refractivity contribution in [2.75, 3.05) is 6.61 Å². The van der Waals surface area contributed by atoms with Gasteiger partial charge in [0.05, 0.1) is 6.61 Å². The van der Waals surface area contributed by atoms with Gasteiger partial charge in [-0.05, 0) is 36.0 Å². The number of hydrogen-bond acceptors (Lipinski definition) is 6. The van der Waals surface area contributed by atoms with Crippen molar-refractivity contribution in [3.8, 4) is 0 Å². The van der Waals surface area contributed by atoms with Gasteiger partial charge in [0.2, 0.25) is 0 Å². The molecule has 0 aromatic carbocycles. The fourth-order valence-corrected chi connectivity index (χ4v) is 10.4. The minimum atomic E-state index is -2.09. The Hall–Kier alpha value is -0.673. The summed E-state index contributed by atoms with van der Waals surface area (Å²) < 4.78 is 24.4. The average Bonchev–Trinajstić information content (AvgIpc) is 2.85. The van der Waals surface area contributed by atoms with E-state index in [1.807, 2.05) is 0 Å². The number of hydrogen-bond donors (Lipinski definition) is 1. The highest BCUT2D eigenvalue weighted by Crippen LogP contribution is 2.44. The summed E-state index contributed by atoms with van der Waals surface area (Å²) in [6, 6.07) is -0.847. The Kier molecular flexibility index (Phi) is 7.01. The van der Waals surface area contributed by atoms with Crippen LogP contribution < -0.4 is 0 Å². The molecule has 2 aliphatic heterocycles. The maximum absolute atomic E-state index is 10.4. The first-order valence-corrected chi connectivity index (χ1v) is 12.0. The summed E-state index contributed by atoms with van der Waals surface area (Å²) in [5, 5.41) is 14.0. The van der Waals surface area contributed by atoms with E-state index < -0.39 is 44.7 Å². The van der Waals surface area contributed by atoms with Gasteiger partial charge in [-0.2, -0.15) is 0 Å². The van der Waals surface area contributed by atoms with Crippen LogP contribution in [0.5, 0.6) is 0 Å². The zero-order chi connectivity index (χ0) is 20.6. The Morgan fingerprint density at radius 3 is 2.07 bits per heavy atom. The predicted molar refractivity (Wildman–Crippen MR) is 105 cm³/mol. The van der Waals surface area contributed by atoms with Gasteiger partial charge in [-0.15, -0.1) is 0 Å². The highest BCUT2D eigenvalue weighted by atomic mass is 28.4. The summed E-state index contributed by atoms with van der Waals surface area (Å²) in [5.41, 5.74) is 10.1. The quantitative estimate of drug-likeness (QED) is 0.299. The molecule has 5 atom stereocenters. The van der Waals surface area contributed by atoms with Crippen molar-refractivity contribution >= 4 is 8.32 Å². The van der Waals surface area contributed by atoms with Crippen LogP contribution in [0.25, 0.3) is 10.4 Å². The molecule has 27 heavy (non-hydrogen) atoms. The average molecular weight is 402 g/mol. The molecule has 0 radical (unpaired) electrons. The van der Waals surface area contributed by atoms with E-state index in [1.54, 1.807) is 13.8 Å². The van der Waals surface area contributed by atoms with Gasteiger partial charge in [0.25, 0.3) is 0 Å². The maximum Gasteiger partial charge on any atom is 0.200 e. The van der Waals surface area contributed by atoms with Crippen LogP contribution in [0.3, 0.4) is 0 Å². The van der Waals surface area contributed by atoms with Crippen LogP contribution in [0, 0.1) is 0 Å². The van der Waals surface area contributed by atoms with Crippen LogP contribution in [0.2, 0.25) is 16.6 Å². The molecule has 0 aliphatic carbocycles. The summed E-state index contributed by atoms with van der Waals surface area (Å²) in [6.07, 6.45) is -2.76. The summed E-state index contributed by atoms with van der Waals surface area (Å²) in [6.45, 7) is 17.3. The molecule has 9 heteroatoms. The first-order valence-electron chi connectivity index (χ1n) is 9.83. The first-order chi connectivity index (χ1) is 12.5. The Morgan fingerprint density at radius 1 is 1.07 bits per heavy atom. The van der Waals surface area contributed by atoms with E-state index in [-0.39, 0.29) is 0 Å². The molecule has 2 fully saturated rings. The lowest BCUT2D eigenvalue weighted by atomic mass is 9.98. The number of aliphatic hydroxyl groups excluding tert-OH is 1. The van der Waals surface area contributed by atoms with Crippen molar-refractivity contribution in [2.45, 2.75) is 108 Å². The van der Waals surface area contributed by atoms with Gasteiger partial charge in [-0.1, -0.05) is 46.7 Å². The summed E-state index contributed by atoms with van der Waals surface area (Å²) in [5.74, 6) is -0.840. The molecule has 1 N–H and O–H groups in total. The third kappa shape index (κ3) is 4.34. The van der Waals surface area contributed by atoms with E-state index in [1.165, 1.54) is 0 Å².